The highest BCUT2D eigenvalue weighted by molar-refractivity contribution is 8.04. The Balaban J connectivity index is 2.04. The molecule has 3 nitrogen and oxygen atoms in total. The monoisotopic (exact) mass is 190 g/mol. The average molecular weight is 190 g/mol. The minimum absolute atomic E-state index is 0.127. The smallest absolute Gasteiger partial charge is 0.249 e. The zero-order valence-corrected chi connectivity index (χ0v) is 7.19. The molecule has 2 unspecified atom stereocenters. The molecule has 0 N–H and O–H groups in total. The molecule has 2 heterocycles. The number of rotatable bonds is 1. The Labute approximate surface area is 71.6 Å². The first-order chi connectivity index (χ1) is 5.38. The number of hydrogen-bond acceptors (Lipinski definition) is 4. The number of ether oxygens (including phenoxy) is 2. The molecule has 0 saturated heterocycles. The van der Waals surface area contributed by atoms with Crippen LogP contribution < -0.4 is 0 Å². The van der Waals surface area contributed by atoms with Crippen LogP contribution in [-0.4, -0.2) is 15.9 Å². The van der Waals surface area contributed by atoms with E-state index in [1.54, 1.807) is 6.26 Å². The van der Waals surface area contributed by atoms with Gasteiger partial charge in [0.15, 0.2) is 0 Å². The van der Waals surface area contributed by atoms with Gasteiger partial charge in [-0.1, -0.05) is 11.8 Å². The third-order valence-electron chi connectivity index (χ3n) is 1.33. The highest BCUT2D eigenvalue weighted by atomic mass is 32.2. The van der Waals surface area contributed by atoms with Crippen LogP contribution in [0.25, 0.3) is 0 Å². The van der Waals surface area contributed by atoms with Crippen molar-refractivity contribution in [1.29, 1.82) is 0 Å². The van der Waals surface area contributed by atoms with Gasteiger partial charge >= 0.3 is 0 Å². The molecule has 0 fully saturated rings. The zero-order valence-electron chi connectivity index (χ0n) is 5.56. The van der Waals surface area contributed by atoms with Crippen molar-refractivity contribution < 1.29 is 14.0 Å². The maximum atomic E-state index is 11.2. The second-order valence-electron chi connectivity index (χ2n) is 2.03. The molecule has 2 atom stereocenters. The first-order valence-corrected chi connectivity index (χ1v) is 5.30. The van der Waals surface area contributed by atoms with Crippen LogP contribution in [0.1, 0.15) is 0 Å². The summed E-state index contributed by atoms with van der Waals surface area (Å²) in [5, 5.41) is 1.83. The fourth-order valence-corrected chi connectivity index (χ4v) is 2.69. The molecular formula is C6H6O3S2. The van der Waals surface area contributed by atoms with E-state index in [1.165, 1.54) is 18.0 Å². The third-order valence-corrected chi connectivity index (χ3v) is 3.55. The molecule has 0 aromatic carbocycles. The minimum Gasteiger partial charge on any atom is -0.609 e. The molecule has 0 aromatic rings. The standard InChI is InChI=1S/C6H6O3S2/c7-11-4-8-3-5(11)6-9-1-2-10-6/h1-3,6H,4H2. The Hall–Kier alpha value is -0.260. The normalized spacial score (nSPS) is 34.8. The van der Waals surface area contributed by atoms with E-state index >= 15 is 0 Å². The first-order valence-electron chi connectivity index (χ1n) is 3.04. The highest BCUT2D eigenvalue weighted by Crippen LogP contribution is 2.33. The van der Waals surface area contributed by atoms with E-state index in [0.717, 1.165) is 4.91 Å². The van der Waals surface area contributed by atoms with Crippen molar-refractivity contribution in [3.05, 3.63) is 22.8 Å². The zero-order chi connectivity index (χ0) is 7.68. The van der Waals surface area contributed by atoms with Crippen LogP contribution in [0, 0.1) is 0 Å². The topological polar surface area (TPSA) is 41.5 Å². The molecule has 2 aliphatic heterocycles. The summed E-state index contributed by atoms with van der Waals surface area (Å²) in [4.78, 5) is 0.736. The van der Waals surface area contributed by atoms with E-state index in [4.69, 9.17) is 9.47 Å². The van der Waals surface area contributed by atoms with Crippen LogP contribution in [0.5, 0.6) is 0 Å². The Morgan fingerprint density at radius 2 is 2.64 bits per heavy atom. The molecule has 0 aromatic heterocycles. The van der Waals surface area contributed by atoms with Gasteiger partial charge < -0.3 is 14.0 Å². The minimum atomic E-state index is -0.997. The lowest BCUT2D eigenvalue weighted by atomic mass is 10.6. The van der Waals surface area contributed by atoms with Crippen LogP contribution in [0.15, 0.2) is 22.8 Å². The summed E-state index contributed by atoms with van der Waals surface area (Å²) in [6.45, 7) is 0. The van der Waals surface area contributed by atoms with Gasteiger partial charge in [-0.05, 0) is 0 Å². The van der Waals surface area contributed by atoms with Crippen LogP contribution >= 0.6 is 11.8 Å². The molecule has 0 spiro atoms. The molecule has 0 saturated carbocycles. The van der Waals surface area contributed by atoms with E-state index < -0.39 is 11.2 Å². The van der Waals surface area contributed by atoms with Crippen LogP contribution in [0.2, 0.25) is 0 Å². The van der Waals surface area contributed by atoms with Crippen molar-refractivity contribution in [2.45, 2.75) is 5.44 Å². The Kier molecular flexibility index (Phi) is 2.02. The summed E-state index contributed by atoms with van der Waals surface area (Å²) < 4.78 is 21.2. The van der Waals surface area contributed by atoms with Crippen LogP contribution in [0.4, 0.5) is 0 Å². The summed E-state index contributed by atoms with van der Waals surface area (Å²) in [6.07, 6.45) is 3.13. The van der Waals surface area contributed by atoms with E-state index in [-0.39, 0.29) is 11.4 Å². The summed E-state index contributed by atoms with van der Waals surface area (Å²) in [5.41, 5.74) is -0.127. The second kappa shape index (κ2) is 3.00. The van der Waals surface area contributed by atoms with Gasteiger partial charge in [-0.2, -0.15) is 0 Å². The van der Waals surface area contributed by atoms with Crippen molar-refractivity contribution in [3.8, 4) is 0 Å². The van der Waals surface area contributed by atoms with Gasteiger partial charge in [0.2, 0.25) is 16.3 Å². The van der Waals surface area contributed by atoms with Gasteiger partial charge in [0, 0.05) is 16.6 Å². The lowest BCUT2D eigenvalue weighted by molar-refractivity contribution is 0.261. The summed E-state index contributed by atoms with van der Waals surface area (Å²) in [6, 6.07) is 0. The molecule has 0 amide bonds. The predicted octanol–water partition coefficient (Wildman–Crippen LogP) is 1.12. The Morgan fingerprint density at radius 1 is 1.73 bits per heavy atom. The Bertz CT molecular complexity index is 206. The van der Waals surface area contributed by atoms with E-state index in [0.29, 0.717) is 0 Å². The first kappa shape index (κ1) is 7.39. The van der Waals surface area contributed by atoms with Crippen molar-refractivity contribution >= 4 is 22.9 Å². The molecule has 2 aliphatic rings. The average Bonchev–Trinajstić information content (AvgIpc) is 2.55. The fraction of sp³-hybridized carbons (Fsp3) is 0.333. The van der Waals surface area contributed by atoms with Gasteiger partial charge in [0.1, 0.15) is 6.26 Å². The van der Waals surface area contributed by atoms with E-state index in [1.807, 2.05) is 5.41 Å². The molecule has 60 valence electrons. The van der Waals surface area contributed by atoms with Crippen molar-refractivity contribution in [1.82, 2.24) is 0 Å². The number of thioether (sulfide) groups is 1. The predicted molar refractivity (Wildman–Crippen MR) is 43.8 cm³/mol. The maximum absolute atomic E-state index is 11.2. The van der Waals surface area contributed by atoms with Crippen LogP contribution in [0.3, 0.4) is 0 Å². The molecule has 11 heavy (non-hydrogen) atoms. The third kappa shape index (κ3) is 1.36. The van der Waals surface area contributed by atoms with Gasteiger partial charge in [-0.25, -0.2) is 0 Å². The van der Waals surface area contributed by atoms with E-state index in [9.17, 15) is 4.55 Å². The Morgan fingerprint density at radius 3 is 3.18 bits per heavy atom. The molecule has 0 aliphatic carbocycles. The van der Waals surface area contributed by atoms with E-state index in [2.05, 4.69) is 0 Å². The lowest BCUT2D eigenvalue weighted by Gasteiger charge is -2.09. The summed E-state index contributed by atoms with van der Waals surface area (Å²) in [7, 11) is 0. The van der Waals surface area contributed by atoms with Gasteiger partial charge in [-0.15, -0.1) is 0 Å². The quantitative estimate of drug-likeness (QED) is 0.581. The summed E-state index contributed by atoms with van der Waals surface area (Å²) >= 11 is 0.502. The van der Waals surface area contributed by atoms with Gasteiger partial charge in [-0.3, -0.25) is 0 Å². The van der Waals surface area contributed by atoms with Crippen molar-refractivity contribution in [2.24, 2.45) is 0 Å². The molecular weight excluding hydrogens is 184 g/mol. The van der Waals surface area contributed by atoms with Crippen LogP contribution in [-0.2, 0) is 20.6 Å². The second-order valence-corrected chi connectivity index (χ2v) is 4.40. The largest absolute Gasteiger partial charge is 0.609 e. The molecule has 2 rings (SSSR count). The SMILES string of the molecule is [O-][S+]1COC=C1C1OC=CS1. The fourth-order valence-electron chi connectivity index (χ4n) is 0.836. The van der Waals surface area contributed by atoms with Gasteiger partial charge in [0.05, 0.1) is 6.26 Å². The van der Waals surface area contributed by atoms with Crippen molar-refractivity contribution in [3.63, 3.8) is 0 Å². The number of hydrogen-bond donors (Lipinski definition) is 0. The molecule has 0 bridgehead atoms. The lowest BCUT2D eigenvalue weighted by Crippen LogP contribution is -2.13. The van der Waals surface area contributed by atoms with Gasteiger partial charge in [0.25, 0.3) is 0 Å². The maximum Gasteiger partial charge on any atom is 0.249 e. The molecule has 0 radical (unpaired) electrons. The summed E-state index contributed by atoms with van der Waals surface area (Å²) in [5.74, 6) is 0.274. The highest BCUT2D eigenvalue weighted by Gasteiger charge is 2.33. The molecule has 5 heteroatoms. The van der Waals surface area contributed by atoms with Crippen molar-refractivity contribution in [2.75, 3.05) is 5.94 Å².